The Kier molecular flexibility index (Phi) is 4.83. The number of hydrogen-bond donors (Lipinski definition) is 0. The standard InChI is InChI=1S/C17H23N3O6S/c21-20(22)14-3-4-15(16(13-14)27(23,24)19-7-1-2-8-19)18-9-5-17(6-10-18)25-11-12-26-17/h3-4,13H,1-2,5-12H2. The first-order valence-electron chi connectivity index (χ1n) is 9.23. The normalized spacial score (nSPS) is 23.2. The number of benzene rings is 1. The lowest BCUT2D eigenvalue weighted by Crippen LogP contribution is -2.45. The van der Waals surface area contributed by atoms with E-state index in [4.69, 9.17) is 9.47 Å². The van der Waals surface area contributed by atoms with Crippen molar-refractivity contribution in [3.05, 3.63) is 28.3 Å². The van der Waals surface area contributed by atoms with Crippen molar-refractivity contribution in [2.75, 3.05) is 44.3 Å². The summed E-state index contributed by atoms with van der Waals surface area (Å²) in [6.45, 7) is 3.20. The van der Waals surface area contributed by atoms with E-state index in [9.17, 15) is 18.5 Å². The van der Waals surface area contributed by atoms with Crippen molar-refractivity contribution in [3.8, 4) is 0 Å². The monoisotopic (exact) mass is 397 g/mol. The molecular formula is C17H23N3O6S. The van der Waals surface area contributed by atoms with Crippen LogP contribution in [0.4, 0.5) is 11.4 Å². The molecule has 3 fully saturated rings. The molecule has 0 saturated carbocycles. The topological polar surface area (TPSA) is 102 Å². The van der Waals surface area contributed by atoms with E-state index < -0.39 is 20.7 Å². The van der Waals surface area contributed by atoms with Crippen molar-refractivity contribution >= 4 is 21.4 Å². The van der Waals surface area contributed by atoms with E-state index >= 15 is 0 Å². The van der Waals surface area contributed by atoms with Gasteiger partial charge in [0.15, 0.2) is 5.79 Å². The number of ether oxygens (including phenoxy) is 2. The molecule has 0 aromatic heterocycles. The number of hydrogen-bond acceptors (Lipinski definition) is 7. The molecule has 0 aliphatic carbocycles. The molecule has 1 aromatic rings. The number of non-ortho nitro benzene ring substituents is 1. The van der Waals surface area contributed by atoms with E-state index in [1.807, 2.05) is 4.90 Å². The van der Waals surface area contributed by atoms with Crippen molar-refractivity contribution in [1.29, 1.82) is 0 Å². The zero-order valence-electron chi connectivity index (χ0n) is 15.0. The molecule has 4 rings (SSSR count). The van der Waals surface area contributed by atoms with Gasteiger partial charge in [0.05, 0.1) is 23.8 Å². The van der Waals surface area contributed by atoms with Gasteiger partial charge in [-0.3, -0.25) is 10.1 Å². The number of nitro groups is 1. The molecule has 148 valence electrons. The summed E-state index contributed by atoms with van der Waals surface area (Å²) in [5, 5.41) is 11.2. The third-order valence-electron chi connectivity index (χ3n) is 5.52. The fraction of sp³-hybridized carbons (Fsp3) is 0.647. The molecule has 1 spiro atoms. The summed E-state index contributed by atoms with van der Waals surface area (Å²) < 4.78 is 39.2. The summed E-state index contributed by atoms with van der Waals surface area (Å²) in [4.78, 5) is 12.6. The lowest BCUT2D eigenvalue weighted by molar-refractivity contribution is -0.385. The molecule has 10 heteroatoms. The third-order valence-corrected chi connectivity index (χ3v) is 7.44. The minimum absolute atomic E-state index is 0.0165. The first-order chi connectivity index (χ1) is 12.9. The van der Waals surface area contributed by atoms with Crippen LogP contribution >= 0.6 is 0 Å². The van der Waals surface area contributed by atoms with Gasteiger partial charge in [0.1, 0.15) is 4.90 Å². The maximum Gasteiger partial charge on any atom is 0.270 e. The van der Waals surface area contributed by atoms with Crippen LogP contribution < -0.4 is 4.90 Å². The van der Waals surface area contributed by atoms with Crippen LogP contribution in [-0.2, 0) is 19.5 Å². The van der Waals surface area contributed by atoms with Gasteiger partial charge in [-0.1, -0.05) is 0 Å². The SMILES string of the molecule is O=[N+]([O-])c1ccc(N2CCC3(CC2)OCCO3)c(S(=O)(=O)N2CCCC2)c1. The molecule has 3 saturated heterocycles. The van der Waals surface area contributed by atoms with Gasteiger partial charge in [-0.05, 0) is 18.9 Å². The molecule has 9 nitrogen and oxygen atoms in total. The maximum atomic E-state index is 13.1. The average molecular weight is 397 g/mol. The third kappa shape index (κ3) is 3.42. The predicted octanol–water partition coefficient (Wildman–Crippen LogP) is 1.72. The first kappa shape index (κ1) is 18.6. The highest BCUT2D eigenvalue weighted by molar-refractivity contribution is 7.89. The molecule has 0 atom stereocenters. The highest BCUT2D eigenvalue weighted by Gasteiger charge is 2.41. The van der Waals surface area contributed by atoms with Crippen LogP contribution in [0.5, 0.6) is 0 Å². The Hall–Kier alpha value is -1.75. The van der Waals surface area contributed by atoms with E-state index in [1.165, 1.54) is 16.4 Å². The Labute approximate surface area is 158 Å². The summed E-state index contributed by atoms with van der Waals surface area (Å²) in [5.41, 5.74) is 0.299. The summed E-state index contributed by atoms with van der Waals surface area (Å²) >= 11 is 0. The van der Waals surface area contributed by atoms with Crippen molar-refractivity contribution in [2.24, 2.45) is 0 Å². The largest absolute Gasteiger partial charge is 0.370 e. The second-order valence-electron chi connectivity index (χ2n) is 7.11. The predicted molar refractivity (Wildman–Crippen MR) is 97.2 cm³/mol. The highest BCUT2D eigenvalue weighted by atomic mass is 32.2. The zero-order valence-corrected chi connectivity index (χ0v) is 15.8. The molecule has 0 amide bonds. The van der Waals surface area contributed by atoms with Crippen molar-refractivity contribution in [2.45, 2.75) is 36.4 Å². The van der Waals surface area contributed by atoms with Gasteiger partial charge in [0.25, 0.3) is 5.69 Å². The van der Waals surface area contributed by atoms with Crippen LogP contribution in [0.1, 0.15) is 25.7 Å². The van der Waals surface area contributed by atoms with E-state index in [-0.39, 0.29) is 10.6 Å². The van der Waals surface area contributed by atoms with Gasteiger partial charge in [-0.15, -0.1) is 0 Å². The molecule has 3 aliphatic rings. The number of rotatable bonds is 4. The lowest BCUT2D eigenvalue weighted by Gasteiger charge is -2.39. The number of sulfonamides is 1. The number of piperidine rings is 1. The van der Waals surface area contributed by atoms with Crippen LogP contribution in [0.15, 0.2) is 23.1 Å². The van der Waals surface area contributed by atoms with Crippen LogP contribution in [0.3, 0.4) is 0 Å². The van der Waals surface area contributed by atoms with Crippen molar-refractivity contribution < 1.29 is 22.8 Å². The average Bonchev–Trinajstić information content (AvgIpc) is 3.35. The molecule has 27 heavy (non-hydrogen) atoms. The minimum Gasteiger partial charge on any atom is -0.370 e. The summed E-state index contributed by atoms with van der Waals surface area (Å²) in [7, 11) is -3.78. The molecule has 0 bridgehead atoms. The molecule has 1 aromatic carbocycles. The Morgan fingerprint density at radius 3 is 2.26 bits per heavy atom. The highest BCUT2D eigenvalue weighted by Crippen LogP contribution is 2.37. The van der Waals surface area contributed by atoms with Gasteiger partial charge >= 0.3 is 0 Å². The number of anilines is 1. The summed E-state index contributed by atoms with van der Waals surface area (Å²) in [6, 6.07) is 4.11. The van der Waals surface area contributed by atoms with Gasteiger partial charge < -0.3 is 14.4 Å². The molecule has 0 radical (unpaired) electrons. The molecular weight excluding hydrogens is 374 g/mol. The quantitative estimate of drug-likeness (QED) is 0.563. The molecule has 3 heterocycles. The second-order valence-corrected chi connectivity index (χ2v) is 9.02. The van der Waals surface area contributed by atoms with Gasteiger partial charge in [-0.2, -0.15) is 4.31 Å². The Morgan fingerprint density at radius 2 is 1.67 bits per heavy atom. The van der Waals surface area contributed by atoms with E-state index in [1.54, 1.807) is 6.07 Å². The first-order valence-corrected chi connectivity index (χ1v) is 10.7. The van der Waals surface area contributed by atoms with Crippen LogP contribution in [0, 0.1) is 10.1 Å². The van der Waals surface area contributed by atoms with Crippen LogP contribution in [0.25, 0.3) is 0 Å². The Bertz CT molecular complexity index is 821. The van der Waals surface area contributed by atoms with E-state index in [2.05, 4.69) is 0 Å². The number of nitro benzene ring substituents is 1. The Balaban J connectivity index is 1.67. The number of nitrogens with zero attached hydrogens (tertiary/aromatic N) is 3. The molecule has 0 N–H and O–H groups in total. The minimum atomic E-state index is -3.78. The van der Waals surface area contributed by atoms with Gasteiger partial charge in [0.2, 0.25) is 10.0 Å². The molecule has 3 aliphatic heterocycles. The zero-order chi connectivity index (χ0) is 19.1. The van der Waals surface area contributed by atoms with Gasteiger partial charge in [-0.25, -0.2) is 8.42 Å². The lowest BCUT2D eigenvalue weighted by atomic mass is 10.0. The summed E-state index contributed by atoms with van der Waals surface area (Å²) in [6.07, 6.45) is 2.88. The van der Waals surface area contributed by atoms with Crippen LogP contribution in [0.2, 0.25) is 0 Å². The van der Waals surface area contributed by atoms with Crippen LogP contribution in [-0.4, -0.2) is 62.8 Å². The van der Waals surface area contributed by atoms with Crippen molar-refractivity contribution in [1.82, 2.24) is 4.31 Å². The fourth-order valence-corrected chi connectivity index (χ4v) is 5.77. The van der Waals surface area contributed by atoms with Crippen molar-refractivity contribution in [3.63, 3.8) is 0 Å². The van der Waals surface area contributed by atoms with Gasteiger partial charge in [0, 0.05) is 51.2 Å². The Morgan fingerprint density at radius 1 is 1.04 bits per heavy atom. The van der Waals surface area contributed by atoms with E-state index in [0.717, 1.165) is 12.8 Å². The maximum absolute atomic E-state index is 13.1. The molecule has 0 unspecified atom stereocenters. The van der Waals surface area contributed by atoms with E-state index in [0.29, 0.717) is 57.9 Å². The fourth-order valence-electron chi connectivity index (χ4n) is 4.03. The second kappa shape index (κ2) is 7.01. The summed E-state index contributed by atoms with van der Waals surface area (Å²) in [5.74, 6) is -0.564. The smallest absolute Gasteiger partial charge is 0.270 e.